The fourth-order valence-corrected chi connectivity index (χ4v) is 2.82. The third-order valence-corrected chi connectivity index (χ3v) is 4.27. The van der Waals surface area contributed by atoms with Gasteiger partial charge in [-0.25, -0.2) is 9.67 Å². The molecule has 5 heteroatoms. The van der Waals surface area contributed by atoms with E-state index in [1.807, 2.05) is 17.8 Å². The molecule has 1 aromatic heterocycles. The van der Waals surface area contributed by atoms with Crippen LogP contribution >= 0.6 is 15.9 Å². The van der Waals surface area contributed by atoms with Gasteiger partial charge in [0, 0.05) is 23.5 Å². The second kappa shape index (κ2) is 7.71. The topological polar surface area (TPSA) is 42.7 Å². The average Bonchev–Trinajstić information content (AvgIpc) is 2.86. The molecule has 0 amide bonds. The summed E-state index contributed by atoms with van der Waals surface area (Å²) in [5.41, 5.74) is 1.31. The van der Waals surface area contributed by atoms with Crippen LogP contribution in [-0.2, 0) is 19.4 Å². The maximum atomic E-state index is 4.42. The van der Waals surface area contributed by atoms with E-state index in [1.54, 1.807) is 6.33 Å². The Kier molecular flexibility index (Phi) is 5.94. The number of hydrogen-bond acceptors (Lipinski definition) is 3. The fourth-order valence-electron chi connectivity index (χ4n) is 2.37. The summed E-state index contributed by atoms with van der Waals surface area (Å²) < 4.78 is 3.18. The summed E-state index contributed by atoms with van der Waals surface area (Å²) >= 11 is 3.62. The Morgan fingerprint density at radius 1 is 1.24 bits per heavy atom. The van der Waals surface area contributed by atoms with Crippen LogP contribution in [0.15, 0.2) is 35.1 Å². The number of nitrogens with zero attached hydrogens (tertiary/aromatic N) is 3. The highest BCUT2D eigenvalue weighted by atomic mass is 79.9. The number of likely N-dealkylation sites (N-methyl/N-ethyl adjacent to an activating group) is 1. The van der Waals surface area contributed by atoms with E-state index in [0.717, 1.165) is 29.7 Å². The molecule has 4 nitrogen and oxygen atoms in total. The molecule has 2 rings (SSSR count). The number of rotatable bonds is 7. The Morgan fingerprint density at radius 3 is 2.67 bits per heavy atom. The SMILES string of the molecule is CNC(Cc1ccccc1Br)Cc1ncnn1CC(C)C. The molecule has 1 unspecified atom stereocenters. The standard InChI is InChI=1S/C16H23BrN4/c1-12(2)10-21-16(19-11-20-21)9-14(18-3)8-13-6-4-5-7-15(13)17/h4-7,11-12,14,18H,8-10H2,1-3H3. The van der Waals surface area contributed by atoms with E-state index in [2.05, 4.69) is 63.4 Å². The molecule has 1 atom stereocenters. The maximum Gasteiger partial charge on any atom is 0.138 e. The first-order valence-electron chi connectivity index (χ1n) is 7.37. The van der Waals surface area contributed by atoms with Crippen molar-refractivity contribution in [3.63, 3.8) is 0 Å². The molecule has 0 spiro atoms. The first-order valence-corrected chi connectivity index (χ1v) is 8.16. The van der Waals surface area contributed by atoms with Crippen molar-refractivity contribution in [2.24, 2.45) is 5.92 Å². The lowest BCUT2D eigenvalue weighted by molar-refractivity contribution is 0.447. The van der Waals surface area contributed by atoms with Crippen molar-refractivity contribution in [2.45, 2.75) is 39.3 Å². The van der Waals surface area contributed by atoms with Crippen LogP contribution in [0.3, 0.4) is 0 Å². The van der Waals surface area contributed by atoms with Gasteiger partial charge < -0.3 is 5.32 Å². The highest BCUT2D eigenvalue weighted by Gasteiger charge is 2.14. The lowest BCUT2D eigenvalue weighted by atomic mass is 10.0. The summed E-state index contributed by atoms with van der Waals surface area (Å²) in [6.07, 6.45) is 3.50. The fraction of sp³-hybridized carbons (Fsp3) is 0.500. The zero-order chi connectivity index (χ0) is 15.2. The summed E-state index contributed by atoms with van der Waals surface area (Å²) in [6.45, 7) is 5.31. The number of benzene rings is 1. The minimum absolute atomic E-state index is 0.346. The van der Waals surface area contributed by atoms with E-state index in [9.17, 15) is 0 Å². The molecule has 1 heterocycles. The first kappa shape index (κ1) is 16.2. The molecular formula is C16H23BrN4. The van der Waals surface area contributed by atoms with Crippen molar-refractivity contribution in [1.82, 2.24) is 20.1 Å². The molecular weight excluding hydrogens is 328 g/mol. The summed E-state index contributed by atoms with van der Waals surface area (Å²) in [5.74, 6) is 1.62. The minimum Gasteiger partial charge on any atom is -0.316 e. The van der Waals surface area contributed by atoms with Gasteiger partial charge in [0.05, 0.1) is 0 Å². The predicted octanol–water partition coefficient (Wildman–Crippen LogP) is 3.07. The summed E-state index contributed by atoms with van der Waals surface area (Å²) in [7, 11) is 2.00. The van der Waals surface area contributed by atoms with Crippen molar-refractivity contribution in [3.8, 4) is 0 Å². The Bertz CT molecular complexity index is 565. The molecule has 0 bridgehead atoms. The van der Waals surface area contributed by atoms with Crippen LogP contribution in [0.4, 0.5) is 0 Å². The third-order valence-electron chi connectivity index (χ3n) is 3.50. The number of nitrogens with one attached hydrogen (secondary N) is 1. The number of halogens is 1. The summed E-state index contributed by atoms with van der Waals surface area (Å²) in [4.78, 5) is 4.42. The molecule has 114 valence electrons. The second-order valence-corrected chi connectivity index (χ2v) is 6.59. The molecule has 0 fully saturated rings. The summed E-state index contributed by atoms with van der Waals surface area (Å²) in [6, 6.07) is 8.71. The van der Waals surface area contributed by atoms with Gasteiger partial charge in [0.25, 0.3) is 0 Å². The van der Waals surface area contributed by atoms with Crippen LogP contribution in [-0.4, -0.2) is 27.9 Å². The van der Waals surface area contributed by atoms with Gasteiger partial charge in [-0.3, -0.25) is 0 Å². The van der Waals surface area contributed by atoms with Crippen LogP contribution in [0.5, 0.6) is 0 Å². The van der Waals surface area contributed by atoms with E-state index >= 15 is 0 Å². The van der Waals surface area contributed by atoms with E-state index in [1.165, 1.54) is 5.56 Å². The molecule has 0 radical (unpaired) electrons. The van der Waals surface area contributed by atoms with Crippen molar-refractivity contribution < 1.29 is 0 Å². The van der Waals surface area contributed by atoms with E-state index in [-0.39, 0.29) is 0 Å². The molecule has 0 aliphatic rings. The summed E-state index contributed by atoms with van der Waals surface area (Å²) in [5, 5.41) is 7.73. The number of hydrogen-bond donors (Lipinski definition) is 1. The van der Waals surface area contributed by atoms with Gasteiger partial charge >= 0.3 is 0 Å². The van der Waals surface area contributed by atoms with Crippen LogP contribution in [0, 0.1) is 5.92 Å². The van der Waals surface area contributed by atoms with Gasteiger partial charge in [0.1, 0.15) is 12.2 Å². The van der Waals surface area contributed by atoms with Crippen molar-refractivity contribution in [1.29, 1.82) is 0 Å². The van der Waals surface area contributed by atoms with E-state index < -0.39 is 0 Å². The maximum absolute atomic E-state index is 4.42. The Morgan fingerprint density at radius 2 is 2.00 bits per heavy atom. The molecule has 0 saturated carbocycles. The Balaban J connectivity index is 2.06. The predicted molar refractivity (Wildman–Crippen MR) is 89.3 cm³/mol. The Hall–Kier alpha value is -1.20. The minimum atomic E-state index is 0.346. The van der Waals surface area contributed by atoms with Gasteiger partial charge in [-0.15, -0.1) is 0 Å². The van der Waals surface area contributed by atoms with Gasteiger partial charge in [-0.2, -0.15) is 5.10 Å². The third kappa shape index (κ3) is 4.64. The van der Waals surface area contributed by atoms with Crippen LogP contribution in [0.2, 0.25) is 0 Å². The quantitative estimate of drug-likeness (QED) is 0.834. The molecule has 21 heavy (non-hydrogen) atoms. The van der Waals surface area contributed by atoms with E-state index in [0.29, 0.717) is 12.0 Å². The normalized spacial score (nSPS) is 12.8. The van der Waals surface area contributed by atoms with Gasteiger partial charge in [0.2, 0.25) is 0 Å². The van der Waals surface area contributed by atoms with Gasteiger partial charge in [0.15, 0.2) is 0 Å². The Labute approximate surface area is 135 Å². The monoisotopic (exact) mass is 350 g/mol. The smallest absolute Gasteiger partial charge is 0.138 e. The molecule has 2 aromatic rings. The highest BCUT2D eigenvalue weighted by molar-refractivity contribution is 9.10. The van der Waals surface area contributed by atoms with Crippen molar-refractivity contribution >= 4 is 15.9 Å². The molecule has 1 aromatic carbocycles. The largest absolute Gasteiger partial charge is 0.316 e. The van der Waals surface area contributed by atoms with Crippen LogP contribution < -0.4 is 5.32 Å². The van der Waals surface area contributed by atoms with Gasteiger partial charge in [-0.1, -0.05) is 48.0 Å². The molecule has 0 aliphatic carbocycles. The van der Waals surface area contributed by atoms with Crippen LogP contribution in [0.1, 0.15) is 25.2 Å². The number of aromatic nitrogens is 3. The zero-order valence-electron chi connectivity index (χ0n) is 12.9. The average molecular weight is 351 g/mol. The lowest BCUT2D eigenvalue weighted by Gasteiger charge is -2.17. The van der Waals surface area contributed by atoms with E-state index in [4.69, 9.17) is 0 Å². The molecule has 0 saturated heterocycles. The first-order chi connectivity index (χ1) is 10.1. The van der Waals surface area contributed by atoms with Crippen molar-refractivity contribution in [3.05, 3.63) is 46.5 Å². The lowest BCUT2D eigenvalue weighted by Crippen LogP contribution is -2.31. The van der Waals surface area contributed by atoms with Gasteiger partial charge in [-0.05, 0) is 31.0 Å². The molecule has 0 aliphatic heterocycles. The zero-order valence-corrected chi connectivity index (χ0v) is 14.5. The second-order valence-electron chi connectivity index (χ2n) is 5.74. The highest BCUT2D eigenvalue weighted by Crippen LogP contribution is 2.18. The van der Waals surface area contributed by atoms with Crippen molar-refractivity contribution in [2.75, 3.05) is 7.05 Å². The van der Waals surface area contributed by atoms with Crippen LogP contribution in [0.25, 0.3) is 0 Å². The molecule has 1 N–H and O–H groups in total.